The number of hydrogen-bond donors (Lipinski definition) is 0. The number of halogens is 2. The van der Waals surface area contributed by atoms with E-state index in [1.54, 1.807) is 4.52 Å². The standard InChI is InChI=1S/C27H19Cl2N3O/c28-25-23(20-13-14-21-19(16-20)12-7-15-33-21)26(29)32-27(30-25)22(17-8-3-1-4-9-17)24(31-32)18-10-5-2-6-11-18/h1-6,8-11,13-14,16H,7,12,15H2. The summed E-state index contributed by atoms with van der Waals surface area (Å²) in [5.74, 6) is 0.920. The van der Waals surface area contributed by atoms with Gasteiger partial charge in [-0.05, 0) is 41.7 Å². The van der Waals surface area contributed by atoms with Crippen molar-refractivity contribution in [3.63, 3.8) is 0 Å². The summed E-state index contributed by atoms with van der Waals surface area (Å²) in [4.78, 5) is 4.80. The van der Waals surface area contributed by atoms with Gasteiger partial charge in [0, 0.05) is 5.56 Å². The van der Waals surface area contributed by atoms with E-state index in [4.69, 9.17) is 38.0 Å². The van der Waals surface area contributed by atoms with Crippen molar-refractivity contribution in [3.05, 3.63) is 94.7 Å². The minimum Gasteiger partial charge on any atom is -0.493 e. The highest BCUT2D eigenvalue weighted by Crippen LogP contribution is 2.41. The molecule has 1 aliphatic heterocycles. The molecule has 0 radical (unpaired) electrons. The lowest BCUT2D eigenvalue weighted by molar-refractivity contribution is 0.288. The van der Waals surface area contributed by atoms with Crippen LogP contribution in [0.4, 0.5) is 0 Å². The van der Waals surface area contributed by atoms with Gasteiger partial charge in [-0.1, -0.05) is 89.9 Å². The van der Waals surface area contributed by atoms with E-state index in [2.05, 4.69) is 6.07 Å². The predicted octanol–water partition coefficient (Wildman–Crippen LogP) is 7.36. The first-order valence-corrected chi connectivity index (χ1v) is 11.6. The van der Waals surface area contributed by atoms with Crippen molar-refractivity contribution in [1.82, 2.24) is 14.6 Å². The first kappa shape index (κ1) is 20.3. The number of rotatable bonds is 3. The van der Waals surface area contributed by atoms with Gasteiger partial charge in [0.1, 0.15) is 21.7 Å². The molecule has 1 aliphatic rings. The average molecular weight is 472 g/mol. The third-order valence-electron chi connectivity index (χ3n) is 5.97. The largest absolute Gasteiger partial charge is 0.493 e. The van der Waals surface area contributed by atoms with Gasteiger partial charge in [-0.3, -0.25) is 0 Å². The maximum Gasteiger partial charge on any atom is 0.166 e. The summed E-state index contributed by atoms with van der Waals surface area (Å²) in [6.45, 7) is 0.749. The number of aromatic nitrogens is 3. The van der Waals surface area contributed by atoms with Crippen molar-refractivity contribution in [2.75, 3.05) is 6.61 Å². The van der Waals surface area contributed by atoms with Crippen molar-refractivity contribution in [3.8, 4) is 39.3 Å². The Hall–Kier alpha value is -3.34. The molecule has 0 aliphatic carbocycles. The Bertz CT molecular complexity index is 1480. The second-order valence-electron chi connectivity index (χ2n) is 8.03. The van der Waals surface area contributed by atoms with E-state index in [9.17, 15) is 0 Å². The zero-order valence-corrected chi connectivity index (χ0v) is 19.1. The lowest BCUT2D eigenvalue weighted by Gasteiger charge is -2.18. The fraction of sp³-hybridized carbons (Fsp3) is 0.111. The number of nitrogens with zero attached hydrogens (tertiary/aromatic N) is 3. The molecule has 0 saturated heterocycles. The molecule has 2 aromatic heterocycles. The smallest absolute Gasteiger partial charge is 0.166 e. The summed E-state index contributed by atoms with van der Waals surface area (Å²) < 4.78 is 7.46. The molecule has 6 rings (SSSR count). The monoisotopic (exact) mass is 471 g/mol. The summed E-state index contributed by atoms with van der Waals surface area (Å²) in [6.07, 6.45) is 1.96. The maximum atomic E-state index is 6.97. The van der Waals surface area contributed by atoms with Crippen LogP contribution in [0, 0.1) is 0 Å². The Morgan fingerprint density at radius 2 is 1.52 bits per heavy atom. The Balaban J connectivity index is 1.62. The fourth-order valence-electron chi connectivity index (χ4n) is 4.41. The number of fused-ring (bicyclic) bond motifs is 2. The van der Waals surface area contributed by atoms with Crippen LogP contribution in [0.15, 0.2) is 78.9 Å². The van der Waals surface area contributed by atoms with Crippen LogP contribution < -0.4 is 4.74 Å². The number of hydrogen-bond acceptors (Lipinski definition) is 3. The van der Waals surface area contributed by atoms with Crippen LogP contribution in [0.1, 0.15) is 12.0 Å². The van der Waals surface area contributed by atoms with Gasteiger partial charge in [0.05, 0.1) is 17.7 Å². The van der Waals surface area contributed by atoms with Crippen molar-refractivity contribution in [2.24, 2.45) is 0 Å². The molecule has 3 aromatic carbocycles. The van der Waals surface area contributed by atoms with Crippen LogP contribution in [-0.2, 0) is 6.42 Å². The summed E-state index contributed by atoms with van der Waals surface area (Å²) in [7, 11) is 0. The van der Waals surface area contributed by atoms with Crippen LogP contribution in [-0.4, -0.2) is 21.2 Å². The fourth-order valence-corrected chi connectivity index (χ4v) is 5.06. The predicted molar refractivity (Wildman–Crippen MR) is 133 cm³/mol. The molecule has 6 heteroatoms. The summed E-state index contributed by atoms with van der Waals surface area (Å²) in [5, 5.41) is 5.69. The highest BCUT2D eigenvalue weighted by Gasteiger charge is 2.24. The van der Waals surface area contributed by atoms with Crippen molar-refractivity contribution in [1.29, 1.82) is 0 Å². The topological polar surface area (TPSA) is 39.4 Å². The second-order valence-corrected chi connectivity index (χ2v) is 8.75. The molecule has 162 valence electrons. The van der Waals surface area contributed by atoms with E-state index in [0.29, 0.717) is 21.5 Å². The molecule has 0 saturated carbocycles. The third kappa shape index (κ3) is 3.47. The number of aryl methyl sites for hydroxylation is 1. The lowest BCUT2D eigenvalue weighted by Crippen LogP contribution is -2.08. The van der Waals surface area contributed by atoms with E-state index >= 15 is 0 Å². The number of benzene rings is 3. The zero-order valence-electron chi connectivity index (χ0n) is 17.6. The summed E-state index contributed by atoms with van der Waals surface area (Å²) in [5.41, 5.74) is 7.05. The quantitative estimate of drug-likeness (QED) is 0.258. The molecule has 0 spiro atoms. The third-order valence-corrected chi connectivity index (χ3v) is 6.59. The molecular weight excluding hydrogens is 453 g/mol. The first-order valence-electron chi connectivity index (χ1n) is 10.9. The highest BCUT2D eigenvalue weighted by atomic mass is 35.5. The van der Waals surface area contributed by atoms with Crippen LogP contribution in [0.25, 0.3) is 39.2 Å². The van der Waals surface area contributed by atoms with E-state index in [1.165, 1.54) is 0 Å². The molecule has 5 aromatic rings. The van der Waals surface area contributed by atoms with Crippen molar-refractivity contribution < 1.29 is 4.74 Å². The highest BCUT2D eigenvalue weighted by molar-refractivity contribution is 6.38. The molecule has 33 heavy (non-hydrogen) atoms. The molecular formula is C27H19Cl2N3O. The Morgan fingerprint density at radius 1 is 0.788 bits per heavy atom. The molecule has 4 nitrogen and oxygen atoms in total. The Labute approximate surface area is 201 Å². The molecule has 0 N–H and O–H groups in total. The van der Waals surface area contributed by atoms with Gasteiger partial charge in [0.2, 0.25) is 0 Å². The lowest BCUT2D eigenvalue weighted by atomic mass is 10.00. The van der Waals surface area contributed by atoms with Crippen LogP contribution in [0.3, 0.4) is 0 Å². The molecule has 3 heterocycles. The average Bonchev–Trinajstić information content (AvgIpc) is 3.24. The molecule has 0 bridgehead atoms. The molecule has 0 amide bonds. The maximum absolute atomic E-state index is 6.97. The molecule has 0 fully saturated rings. The number of ether oxygens (including phenoxy) is 1. The zero-order chi connectivity index (χ0) is 22.4. The van der Waals surface area contributed by atoms with Gasteiger partial charge in [-0.2, -0.15) is 5.10 Å². The van der Waals surface area contributed by atoms with E-state index in [0.717, 1.165) is 58.7 Å². The van der Waals surface area contributed by atoms with Crippen molar-refractivity contribution >= 4 is 28.8 Å². The van der Waals surface area contributed by atoms with Gasteiger partial charge in [-0.15, -0.1) is 0 Å². The van der Waals surface area contributed by atoms with Gasteiger partial charge in [-0.25, -0.2) is 9.50 Å². The van der Waals surface area contributed by atoms with Crippen molar-refractivity contribution in [2.45, 2.75) is 12.8 Å². The van der Waals surface area contributed by atoms with Gasteiger partial charge in [0.25, 0.3) is 0 Å². The first-order chi connectivity index (χ1) is 16.2. The normalized spacial score (nSPS) is 13.0. The minimum atomic E-state index is 0.348. The van der Waals surface area contributed by atoms with Gasteiger partial charge < -0.3 is 4.74 Å². The summed E-state index contributed by atoms with van der Waals surface area (Å²) >= 11 is 13.7. The summed E-state index contributed by atoms with van der Waals surface area (Å²) in [6, 6.07) is 26.2. The Morgan fingerprint density at radius 3 is 2.27 bits per heavy atom. The van der Waals surface area contributed by atoms with Crippen LogP contribution in [0.2, 0.25) is 10.3 Å². The van der Waals surface area contributed by atoms with E-state index in [1.807, 2.05) is 72.8 Å². The molecule has 0 atom stereocenters. The van der Waals surface area contributed by atoms with Crippen LogP contribution in [0.5, 0.6) is 5.75 Å². The second kappa shape index (κ2) is 8.22. The Kier molecular flexibility index (Phi) is 5.05. The SMILES string of the molecule is Clc1nc2c(-c3ccccc3)c(-c3ccccc3)nn2c(Cl)c1-c1ccc2c(c1)CCCO2. The minimum absolute atomic E-state index is 0.348. The van der Waals surface area contributed by atoms with E-state index < -0.39 is 0 Å². The van der Waals surface area contributed by atoms with E-state index in [-0.39, 0.29) is 0 Å². The van der Waals surface area contributed by atoms with Gasteiger partial charge in [0.15, 0.2) is 5.65 Å². The van der Waals surface area contributed by atoms with Gasteiger partial charge >= 0.3 is 0 Å². The van der Waals surface area contributed by atoms with Crippen LogP contribution >= 0.6 is 23.2 Å². The molecule has 0 unspecified atom stereocenters.